The number of likely N-dealkylation sites (N-methyl/N-ethyl adjacent to an activating group) is 1. The molecule has 0 aliphatic carbocycles. The Bertz CT molecular complexity index is 1230. The maximum absolute atomic E-state index is 11.9. The number of hydrogen-bond acceptors (Lipinski definition) is 6. The average Bonchev–Trinajstić information content (AvgIpc) is 2.99. The van der Waals surface area contributed by atoms with E-state index in [1.54, 1.807) is 0 Å². The lowest BCUT2D eigenvalue weighted by Crippen LogP contribution is -2.38. The minimum Gasteiger partial charge on any atom is -0.481 e. The molecular weight excluding hydrogens is 508 g/mol. The van der Waals surface area contributed by atoms with Gasteiger partial charge in [0.25, 0.3) is 0 Å². The number of rotatable bonds is 12. The second-order valence-electron chi connectivity index (χ2n) is 10.3. The van der Waals surface area contributed by atoms with Crippen molar-refractivity contribution >= 4 is 11.9 Å². The predicted molar refractivity (Wildman–Crippen MR) is 151 cm³/mol. The molecule has 1 heterocycles. The highest BCUT2D eigenvalue weighted by atomic mass is 16.7. The molecule has 4 rings (SSSR count). The Morgan fingerprint density at radius 3 is 2.23 bits per heavy atom. The van der Waals surface area contributed by atoms with Gasteiger partial charge in [-0.15, -0.1) is 0 Å². The van der Waals surface area contributed by atoms with E-state index in [0.29, 0.717) is 13.0 Å². The first-order valence-electron chi connectivity index (χ1n) is 13.7. The highest BCUT2D eigenvalue weighted by molar-refractivity contribution is 5.80. The number of amides is 1. The zero-order valence-corrected chi connectivity index (χ0v) is 23.0. The van der Waals surface area contributed by atoms with Gasteiger partial charge in [0.05, 0.1) is 25.2 Å². The zero-order chi connectivity index (χ0) is 28.5. The summed E-state index contributed by atoms with van der Waals surface area (Å²) in [4.78, 5) is 24.8. The maximum atomic E-state index is 11.9. The summed E-state index contributed by atoms with van der Waals surface area (Å²) < 4.78 is 12.9. The number of carbonyl (C=O) groups excluding carboxylic acids is 1. The Hall–Kier alpha value is -3.56. The number of aliphatic hydroxyl groups excluding tert-OH is 1. The van der Waals surface area contributed by atoms with Crippen LogP contribution >= 0.6 is 0 Å². The smallest absolute Gasteiger partial charge is 0.303 e. The van der Waals surface area contributed by atoms with Crippen molar-refractivity contribution in [1.29, 1.82) is 0 Å². The third-order valence-electron chi connectivity index (χ3n) is 7.36. The average molecular weight is 547 g/mol. The van der Waals surface area contributed by atoms with Crippen LogP contribution in [0, 0.1) is 0 Å². The number of carboxylic acids is 1. The summed E-state index contributed by atoms with van der Waals surface area (Å²) in [6, 6.07) is 26.2. The highest BCUT2D eigenvalue weighted by Crippen LogP contribution is 2.38. The lowest BCUT2D eigenvalue weighted by Gasteiger charge is -2.39. The molecule has 3 N–H and O–H groups in total. The summed E-state index contributed by atoms with van der Waals surface area (Å²) in [6.45, 7) is 3.22. The van der Waals surface area contributed by atoms with Crippen molar-refractivity contribution in [2.45, 2.75) is 63.9 Å². The molecule has 4 unspecified atom stereocenters. The molecule has 8 heteroatoms. The Morgan fingerprint density at radius 2 is 1.57 bits per heavy atom. The van der Waals surface area contributed by atoms with Gasteiger partial charge in [-0.3, -0.25) is 14.5 Å². The van der Waals surface area contributed by atoms with Crippen LogP contribution in [0.4, 0.5) is 0 Å². The molecule has 0 spiro atoms. The standard InChI is InChI=1S/C32H38N2O6/c1-22(25-6-4-3-5-7-25)34(2)20-28-18-29(26-12-10-24(21-35)11-13-26)40-32(39-28)27-14-8-23(9-15-27)19-33-30(36)16-17-31(37)38/h3-15,22,28-29,32,35H,16-21H2,1-2H3,(H,33,36)(H,37,38). The number of ether oxygens (including phenoxy) is 2. The van der Waals surface area contributed by atoms with Crippen LogP contribution < -0.4 is 5.32 Å². The third kappa shape index (κ3) is 8.22. The Morgan fingerprint density at radius 1 is 0.925 bits per heavy atom. The summed E-state index contributed by atoms with van der Waals surface area (Å²) in [5, 5.41) is 21.0. The number of nitrogens with zero attached hydrogens (tertiary/aromatic N) is 1. The molecule has 1 fully saturated rings. The number of carboxylic acid groups (broad SMARTS) is 1. The van der Waals surface area contributed by atoms with Crippen LogP contribution in [0.25, 0.3) is 0 Å². The largest absolute Gasteiger partial charge is 0.481 e. The van der Waals surface area contributed by atoms with Crippen molar-refractivity contribution in [2.24, 2.45) is 0 Å². The van der Waals surface area contributed by atoms with Crippen LogP contribution in [0.3, 0.4) is 0 Å². The molecule has 8 nitrogen and oxygen atoms in total. The van der Waals surface area contributed by atoms with E-state index in [9.17, 15) is 14.7 Å². The van der Waals surface area contributed by atoms with Crippen molar-refractivity contribution in [3.63, 3.8) is 0 Å². The molecule has 0 bridgehead atoms. The molecule has 0 aromatic heterocycles. The lowest BCUT2D eigenvalue weighted by molar-refractivity contribution is -0.253. The molecule has 212 valence electrons. The molecule has 1 saturated heterocycles. The third-order valence-corrected chi connectivity index (χ3v) is 7.36. The van der Waals surface area contributed by atoms with Gasteiger partial charge in [-0.2, -0.15) is 0 Å². The van der Waals surface area contributed by atoms with Crippen molar-refractivity contribution in [1.82, 2.24) is 10.2 Å². The van der Waals surface area contributed by atoms with E-state index in [-0.39, 0.29) is 43.6 Å². The number of aliphatic carboxylic acids is 1. The Balaban J connectivity index is 1.46. The number of hydrogen-bond donors (Lipinski definition) is 3. The highest BCUT2D eigenvalue weighted by Gasteiger charge is 2.33. The number of benzene rings is 3. The number of carbonyl (C=O) groups is 2. The van der Waals surface area contributed by atoms with Gasteiger partial charge in [0.2, 0.25) is 5.91 Å². The molecule has 3 aromatic rings. The summed E-state index contributed by atoms with van der Waals surface area (Å²) in [5.74, 6) is -1.29. The van der Waals surface area contributed by atoms with Gasteiger partial charge in [-0.25, -0.2) is 0 Å². The maximum Gasteiger partial charge on any atom is 0.303 e. The Labute approximate surface area is 235 Å². The minimum absolute atomic E-state index is 0.00526. The first-order chi connectivity index (χ1) is 19.3. The van der Waals surface area contributed by atoms with Crippen LogP contribution in [-0.2, 0) is 32.2 Å². The van der Waals surface area contributed by atoms with E-state index >= 15 is 0 Å². The summed E-state index contributed by atoms with van der Waals surface area (Å²) >= 11 is 0. The molecule has 0 radical (unpaired) electrons. The zero-order valence-electron chi connectivity index (χ0n) is 23.0. The first-order valence-corrected chi connectivity index (χ1v) is 13.7. The predicted octanol–water partition coefficient (Wildman–Crippen LogP) is 4.90. The van der Waals surface area contributed by atoms with Gasteiger partial charge in [-0.05, 0) is 36.2 Å². The molecule has 1 amide bonds. The monoisotopic (exact) mass is 546 g/mol. The summed E-state index contributed by atoms with van der Waals surface area (Å²) in [7, 11) is 2.11. The van der Waals surface area contributed by atoms with E-state index in [2.05, 4.69) is 48.5 Å². The molecule has 4 atom stereocenters. The van der Waals surface area contributed by atoms with Gasteiger partial charge in [0, 0.05) is 37.5 Å². The fraction of sp³-hybridized carbons (Fsp3) is 0.375. The fourth-order valence-corrected chi connectivity index (χ4v) is 4.80. The van der Waals surface area contributed by atoms with Crippen molar-refractivity contribution in [3.05, 3.63) is 107 Å². The van der Waals surface area contributed by atoms with Crippen molar-refractivity contribution in [2.75, 3.05) is 13.6 Å². The van der Waals surface area contributed by atoms with Gasteiger partial charge in [0.15, 0.2) is 6.29 Å². The lowest BCUT2D eigenvalue weighted by atomic mass is 9.99. The topological polar surface area (TPSA) is 108 Å². The number of aliphatic hydroxyl groups is 1. The van der Waals surface area contributed by atoms with Gasteiger partial charge < -0.3 is 25.0 Å². The van der Waals surface area contributed by atoms with E-state index in [4.69, 9.17) is 14.6 Å². The molecule has 3 aromatic carbocycles. The van der Waals surface area contributed by atoms with Crippen LogP contribution in [0.1, 0.15) is 72.4 Å². The van der Waals surface area contributed by atoms with Crippen LogP contribution in [0.2, 0.25) is 0 Å². The van der Waals surface area contributed by atoms with E-state index < -0.39 is 12.3 Å². The first kappa shape index (κ1) is 29.4. The SMILES string of the molecule is CC(c1ccccc1)N(C)CC1CC(c2ccc(CO)cc2)OC(c2ccc(CNC(=O)CCC(=O)O)cc2)O1. The molecule has 0 saturated carbocycles. The van der Waals surface area contributed by atoms with Crippen LogP contribution in [-0.4, -0.2) is 46.7 Å². The summed E-state index contributed by atoms with van der Waals surface area (Å²) in [5.41, 5.74) is 4.91. The quantitative estimate of drug-likeness (QED) is 0.297. The van der Waals surface area contributed by atoms with Crippen molar-refractivity contribution in [3.8, 4) is 0 Å². The normalized spacial score (nSPS) is 19.8. The van der Waals surface area contributed by atoms with Gasteiger partial charge >= 0.3 is 5.97 Å². The Kier molecular flexibility index (Phi) is 10.4. The van der Waals surface area contributed by atoms with Crippen LogP contribution in [0.5, 0.6) is 0 Å². The number of nitrogens with one attached hydrogen (secondary N) is 1. The minimum atomic E-state index is -0.992. The molecule has 1 aliphatic heterocycles. The second-order valence-corrected chi connectivity index (χ2v) is 10.3. The fourth-order valence-electron chi connectivity index (χ4n) is 4.80. The molecule has 40 heavy (non-hydrogen) atoms. The van der Waals surface area contributed by atoms with E-state index in [0.717, 1.165) is 28.8 Å². The molecular formula is C32H38N2O6. The molecule has 1 aliphatic rings. The van der Waals surface area contributed by atoms with Gasteiger partial charge in [-0.1, -0.05) is 78.9 Å². The van der Waals surface area contributed by atoms with Crippen LogP contribution in [0.15, 0.2) is 78.9 Å². The van der Waals surface area contributed by atoms with Gasteiger partial charge in [0.1, 0.15) is 0 Å². The van der Waals surface area contributed by atoms with E-state index in [1.807, 2.05) is 54.6 Å². The second kappa shape index (κ2) is 14.2. The summed E-state index contributed by atoms with van der Waals surface area (Å²) in [6.07, 6.45) is -0.361. The van der Waals surface area contributed by atoms with Crippen molar-refractivity contribution < 1.29 is 29.3 Å². The van der Waals surface area contributed by atoms with E-state index in [1.165, 1.54) is 5.56 Å².